The highest BCUT2D eigenvalue weighted by Crippen LogP contribution is 2.27. The molecular weight excluding hydrogens is 192 g/mol. The smallest absolute Gasteiger partial charge is 0.0928 e. The monoisotopic (exact) mass is 212 g/mol. The summed E-state index contributed by atoms with van der Waals surface area (Å²) in [5.74, 6) is 0. The van der Waals surface area contributed by atoms with Crippen molar-refractivity contribution in [2.24, 2.45) is 11.1 Å². The van der Waals surface area contributed by atoms with E-state index in [9.17, 15) is 0 Å². The van der Waals surface area contributed by atoms with Crippen LogP contribution < -0.4 is 5.73 Å². The highest BCUT2D eigenvalue weighted by molar-refractivity contribution is 7.11. The number of hydrogen-bond donors (Lipinski definition) is 1. The second kappa shape index (κ2) is 4.41. The Labute approximate surface area is 90.6 Å². The largest absolute Gasteiger partial charge is 0.330 e. The van der Waals surface area contributed by atoms with Crippen LogP contribution in [0.2, 0.25) is 0 Å². The Morgan fingerprint density at radius 1 is 1.43 bits per heavy atom. The van der Waals surface area contributed by atoms with E-state index in [1.807, 2.05) is 11.3 Å². The number of aromatic nitrogens is 1. The first-order valence-corrected chi connectivity index (χ1v) is 5.95. The number of nitrogens with two attached hydrogens (primary N) is 1. The van der Waals surface area contributed by atoms with Crippen molar-refractivity contribution < 1.29 is 0 Å². The Balaban J connectivity index is 2.81. The standard InChI is InChI=1S/C11H20N2S/c1-5-10-13-8(2)9(14-10)6-11(3,4)7-12/h5-7,12H2,1-4H3. The van der Waals surface area contributed by atoms with Crippen molar-refractivity contribution in [3.05, 3.63) is 15.6 Å². The normalized spacial score (nSPS) is 12.1. The Bertz CT molecular complexity index is 302. The Morgan fingerprint density at radius 2 is 2.07 bits per heavy atom. The van der Waals surface area contributed by atoms with Gasteiger partial charge in [0.25, 0.3) is 0 Å². The fraction of sp³-hybridized carbons (Fsp3) is 0.727. The van der Waals surface area contributed by atoms with Gasteiger partial charge in [0.2, 0.25) is 0 Å². The average molecular weight is 212 g/mol. The summed E-state index contributed by atoms with van der Waals surface area (Å²) < 4.78 is 0. The molecule has 0 radical (unpaired) electrons. The van der Waals surface area contributed by atoms with Gasteiger partial charge in [-0.15, -0.1) is 11.3 Å². The predicted octanol–water partition coefficient (Wildman–Crippen LogP) is 2.54. The summed E-state index contributed by atoms with van der Waals surface area (Å²) >= 11 is 1.84. The first-order chi connectivity index (χ1) is 6.48. The van der Waals surface area contributed by atoms with Crippen molar-refractivity contribution in [3.8, 4) is 0 Å². The second-order valence-electron chi connectivity index (χ2n) is 4.51. The molecule has 0 saturated carbocycles. The Kier molecular flexibility index (Phi) is 3.67. The molecule has 3 heteroatoms. The Morgan fingerprint density at radius 3 is 2.50 bits per heavy atom. The number of aryl methyl sites for hydroxylation is 2. The highest BCUT2D eigenvalue weighted by atomic mass is 32.1. The van der Waals surface area contributed by atoms with E-state index in [0.29, 0.717) is 0 Å². The minimum absolute atomic E-state index is 0.197. The molecule has 1 heterocycles. The third-order valence-electron chi connectivity index (χ3n) is 2.43. The van der Waals surface area contributed by atoms with E-state index < -0.39 is 0 Å². The lowest BCUT2D eigenvalue weighted by Gasteiger charge is -2.21. The van der Waals surface area contributed by atoms with Crippen LogP contribution in [-0.4, -0.2) is 11.5 Å². The fourth-order valence-corrected chi connectivity index (χ4v) is 2.58. The summed E-state index contributed by atoms with van der Waals surface area (Å²) in [6.07, 6.45) is 2.08. The fourth-order valence-electron chi connectivity index (χ4n) is 1.31. The van der Waals surface area contributed by atoms with Gasteiger partial charge in [0.15, 0.2) is 0 Å². The lowest BCUT2D eigenvalue weighted by Crippen LogP contribution is -2.25. The van der Waals surface area contributed by atoms with Gasteiger partial charge in [0.1, 0.15) is 0 Å². The maximum atomic E-state index is 5.73. The van der Waals surface area contributed by atoms with Gasteiger partial charge in [0.05, 0.1) is 10.7 Å². The van der Waals surface area contributed by atoms with E-state index in [0.717, 1.165) is 19.4 Å². The van der Waals surface area contributed by atoms with Crippen molar-refractivity contribution in [1.29, 1.82) is 0 Å². The van der Waals surface area contributed by atoms with Crippen LogP contribution in [0.25, 0.3) is 0 Å². The minimum atomic E-state index is 0.197. The maximum absolute atomic E-state index is 5.73. The molecule has 2 N–H and O–H groups in total. The predicted molar refractivity (Wildman–Crippen MR) is 62.8 cm³/mol. The molecule has 0 atom stereocenters. The molecule has 0 fully saturated rings. The molecule has 0 aliphatic carbocycles. The van der Waals surface area contributed by atoms with Crippen LogP contribution >= 0.6 is 11.3 Å². The number of rotatable bonds is 4. The van der Waals surface area contributed by atoms with Crippen LogP contribution in [0.15, 0.2) is 0 Å². The molecule has 14 heavy (non-hydrogen) atoms. The van der Waals surface area contributed by atoms with Gasteiger partial charge in [0, 0.05) is 4.88 Å². The van der Waals surface area contributed by atoms with Crippen LogP contribution in [-0.2, 0) is 12.8 Å². The van der Waals surface area contributed by atoms with Crippen LogP contribution in [0.3, 0.4) is 0 Å². The quantitative estimate of drug-likeness (QED) is 0.833. The van der Waals surface area contributed by atoms with Crippen LogP contribution in [0.4, 0.5) is 0 Å². The summed E-state index contributed by atoms with van der Waals surface area (Å²) in [6.45, 7) is 9.38. The molecule has 0 aliphatic heterocycles. The molecule has 0 unspecified atom stereocenters. The molecule has 0 spiro atoms. The number of nitrogens with zero attached hydrogens (tertiary/aromatic N) is 1. The third-order valence-corrected chi connectivity index (χ3v) is 3.73. The average Bonchev–Trinajstić information content (AvgIpc) is 2.47. The molecule has 0 amide bonds. The number of hydrogen-bond acceptors (Lipinski definition) is 3. The molecule has 0 aliphatic rings. The molecule has 0 bridgehead atoms. The SMILES string of the molecule is CCc1nc(C)c(CC(C)(C)CN)s1. The van der Waals surface area contributed by atoms with Gasteiger partial charge < -0.3 is 5.73 Å². The highest BCUT2D eigenvalue weighted by Gasteiger charge is 2.19. The van der Waals surface area contributed by atoms with E-state index in [4.69, 9.17) is 5.73 Å². The topological polar surface area (TPSA) is 38.9 Å². The second-order valence-corrected chi connectivity index (χ2v) is 5.68. The Hall–Kier alpha value is -0.410. The van der Waals surface area contributed by atoms with Crippen LogP contribution in [0.1, 0.15) is 36.3 Å². The zero-order valence-corrected chi connectivity index (χ0v) is 10.4. The van der Waals surface area contributed by atoms with Gasteiger partial charge in [-0.3, -0.25) is 0 Å². The first kappa shape index (κ1) is 11.7. The maximum Gasteiger partial charge on any atom is 0.0928 e. The molecule has 2 nitrogen and oxygen atoms in total. The van der Waals surface area contributed by atoms with E-state index in [1.165, 1.54) is 15.6 Å². The lowest BCUT2D eigenvalue weighted by molar-refractivity contribution is 0.379. The molecule has 0 aromatic carbocycles. The van der Waals surface area contributed by atoms with E-state index in [-0.39, 0.29) is 5.41 Å². The molecular formula is C11H20N2S. The van der Waals surface area contributed by atoms with Crippen molar-refractivity contribution >= 4 is 11.3 Å². The molecule has 1 rings (SSSR count). The molecule has 1 aromatic rings. The van der Waals surface area contributed by atoms with Crippen molar-refractivity contribution in [2.75, 3.05) is 6.54 Å². The van der Waals surface area contributed by atoms with E-state index >= 15 is 0 Å². The van der Waals surface area contributed by atoms with Crippen molar-refractivity contribution in [1.82, 2.24) is 4.98 Å². The summed E-state index contributed by atoms with van der Waals surface area (Å²) in [5, 5.41) is 1.24. The summed E-state index contributed by atoms with van der Waals surface area (Å²) in [7, 11) is 0. The molecule has 1 aromatic heterocycles. The zero-order valence-electron chi connectivity index (χ0n) is 9.55. The van der Waals surface area contributed by atoms with Gasteiger partial charge in [-0.2, -0.15) is 0 Å². The molecule has 80 valence electrons. The lowest BCUT2D eigenvalue weighted by atomic mass is 9.88. The third kappa shape index (κ3) is 2.79. The van der Waals surface area contributed by atoms with Crippen LogP contribution in [0, 0.1) is 12.3 Å². The van der Waals surface area contributed by atoms with Crippen molar-refractivity contribution in [2.45, 2.75) is 40.5 Å². The summed E-state index contributed by atoms with van der Waals surface area (Å²) in [5.41, 5.74) is 7.11. The van der Waals surface area contributed by atoms with E-state index in [2.05, 4.69) is 32.7 Å². The summed E-state index contributed by atoms with van der Waals surface area (Å²) in [6, 6.07) is 0. The van der Waals surface area contributed by atoms with Gasteiger partial charge in [-0.1, -0.05) is 20.8 Å². The van der Waals surface area contributed by atoms with Crippen molar-refractivity contribution in [3.63, 3.8) is 0 Å². The van der Waals surface area contributed by atoms with Crippen LogP contribution in [0.5, 0.6) is 0 Å². The van der Waals surface area contributed by atoms with Gasteiger partial charge >= 0.3 is 0 Å². The molecule has 0 saturated heterocycles. The number of thiazole rings is 1. The summed E-state index contributed by atoms with van der Waals surface area (Å²) in [4.78, 5) is 5.93. The van der Waals surface area contributed by atoms with Gasteiger partial charge in [-0.05, 0) is 31.7 Å². The minimum Gasteiger partial charge on any atom is -0.330 e. The van der Waals surface area contributed by atoms with E-state index in [1.54, 1.807) is 0 Å². The first-order valence-electron chi connectivity index (χ1n) is 5.14. The van der Waals surface area contributed by atoms with Gasteiger partial charge in [-0.25, -0.2) is 4.98 Å². The zero-order chi connectivity index (χ0) is 10.8.